The molecule has 1 aliphatic rings. The Labute approximate surface area is 165 Å². The molecule has 1 aliphatic heterocycles. The molecule has 0 saturated heterocycles. The predicted octanol–water partition coefficient (Wildman–Crippen LogP) is 4.10. The normalized spacial score (nSPS) is 15.1. The number of rotatable bonds is 6. The standard InChI is InChI=1S/C22H25N3O3/c1-5-25-13-16-6-7-17(10-20(16)24-21(25)26)22(2,14-23)12-15-8-18(27-3)11-19(9-15)28-4/h6-11H,5,12-13H2,1-4H3,(H,24,26). The average molecular weight is 379 g/mol. The molecule has 2 amide bonds. The fraction of sp³-hybridized carbons (Fsp3) is 0.364. The fourth-order valence-electron chi connectivity index (χ4n) is 3.48. The Morgan fingerprint density at radius 3 is 2.43 bits per heavy atom. The highest BCUT2D eigenvalue weighted by Gasteiger charge is 2.30. The maximum Gasteiger partial charge on any atom is 0.322 e. The molecule has 2 aromatic rings. The number of methoxy groups -OCH3 is 2. The van der Waals surface area contributed by atoms with Crippen molar-refractivity contribution in [3.63, 3.8) is 0 Å². The number of carbonyl (C=O) groups excluding carboxylic acids is 1. The topological polar surface area (TPSA) is 74.6 Å². The lowest BCUT2D eigenvalue weighted by Gasteiger charge is -2.30. The van der Waals surface area contributed by atoms with Gasteiger partial charge in [-0.1, -0.05) is 12.1 Å². The number of ether oxygens (including phenoxy) is 2. The van der Waals surface area contributed by atoms with Gasteiger partial charge in [0.2, 0.25) is 0 Å². The van der Waals surface area contributed by atoms with E-state index in [1.54, 1.807) is 25.2 Å². The summed E-state index contributed by atoms with van der Waals surface area (Å²) in [6.45, 7) is 5.09. The van der Waals surface area contributed by atoms with Crippen molar-refractivity contribution in [2.45, 2.75) is 32.2 Å². The van der Waals surface area contributed by atoms with Crippen LogP contribution in [0.2, 0.25) is 0 Å². The van der Waals surface area contributed by atoms with Gasteiger partial charge in [0, 0.05) is 24.8 Å². The maximum absolute atomic E-state index is 12.2. The van der Waals surface area contributed by atoms with Gasteiger partial charge in [-0.3, -0.25) is 0 Å². The van der Waals surface area contributed by atoms with Crippen molar-refractivity contribution >= 4 is 11.7 Å². The summed E-state index contributed by atoms with van der Waals surface area (Å²) in [5, 5.41) is 12.9. The smallest absolute Gasteiger partial charge is 0.322 e. The van der Waals surface area contributed by atoms with Gasteiger partial charge in [0.05, 0.1) is 25.7 Å². The number of nitrogens with zero attached hydrogens (tertiary/aromatic N) is 2. The van der Waals surface area contributed by atoms with Gasteiger partial charge in [0.1, 0.15) is 11.5 Å². The van der Waals surface area contributed by atoms with E-state index in [9.17, 15) is 10.1 Å². The Kier molecular flexibility index (Phi) is 5.46. The van der Waals surface area contributed by atoms with Crippen molar-refractivity contribution in [3.05, 3.63) is 53.1 Å². The van der Waals surface area contributed by atoms with Gasteiger partial charge in [0.15, 0.2) is 0 Å². The maximum atomic E-state index is 12.2. The number of benzene rings is 2. The summed E-state index contributed by atoms with van der Waals surface area (Å²) >= 11 is 0. The van der Waals surface area contributed by atoms with Crippen molar-refractivity contribution in [3.8, 4) is 17.6 Å². The Morgan fingerprint density at radius 1 is 1.18 bits per heavy atom. The van der Waals surface area contributed by atoms with E-state index in [4.69, 9.17) is 9.47 Å². The molecule has 0 radical (unpaired) electrons. The van der Waals surface area contributed by atoms with Crippen LogP contribution < -0.4 is 14.8 Å². The van der Waals surface area contributed by atoms with Crippen molar-refractivity contribution in [2.75, 3.05) is 26.1 Å². The Balaban J connectivity index is 1.94. The van der Waals surface area contributed by atoms with Gasteiger partial charge in [0.25, 0.3) is 0 Å². The highest BCUT2D eigenvalue weighted by atomic mass is 16.5. The highest BCUT2D eigenvalue weighted by Crippen LogP contribution is 2.34. The molecule has 1 N–H and O–H groups in total. The van der Waals surface area contributed by atoms with Gasteiger partial charge in [-0.15, -0.1) is 0 Å². The molecule has 0 spiro atoms. The first-order valence-electron chi connectivity index (χ1n) is 9.25. The van der Waals surface area contributed by atoms with E-state index in [0.717, 1.165) is 22.4 Å². The summed E-state index contributed by atoms with van der Waals surface area (Å²) in [6.07, 6.45) is 0.491. The highest BCUT2D eigenvalue weighted by molar-refractivity contribution is 5.92. The molecule has 28 heavy (non-hydrogen) atoms. The third-order valence-electron chi connectivity index (χ3n) is 5.23. The number of fused-ring (bicyclic) bond motifs is 1. The van der Waals surface area contributed by atoms with Crippen LogP contribution in [0.1, 0.15) is 30.5 Å². The molecular weight excluding hydrogens is 354 g/mol. The first kappa shape index (κ1) is 19.6. The van der Waals surface area contributed by atoms with Crippen LogP contribution in [0.3, 0.4) is 0 Å². The molecule has 6 nitrogen and oxygen atoms in total. The number of urea groups is 1. The number of nitrogens with one attached hydrogen (secondary N) is 1. The third-order valence-corrected chi connectivity index (χ3v) is 5.23. The number of hydrogen-bond donors (Lipinski definition) is 1. The van der Waals surface area contributed by atoms with Gasteiger partial charge >= 0.3 is 6.03 Å². The monoisotopic (exact) mass is 379 g/mol. The van der Waals surface area contributed by atoms with Crippen molar-refractivity contribution in [1.82, 2.24) is 4.90 Å². The molecule has 0 fully saturated rings. The Hall–Kier alpha value is -3.20. The molecular formula is C22H25N3O3. The molecule has 2 aromatic carbocycles. The minimum absolute atomic E-state index is 0.108. The second kappa shape index (κ2) is 7.81. The molecule has 6 heteroatoms. The Bertz CT molecular complexity index is 913. The number of carbonyl (C=O) groups is 1. The third kappa shape index (κ3) is 3.74. The summed E-state index contributed by atoms with van der Waals surface area (Å²) in [5.74, 6) is 1.37. The molecule has 0 saturated carbocycles. The lowest BCUT2D eigenvalue weighted by atomic mass is 9.78. The minimum atomic E-state index is -0.765. The number of nitriles is 1. The van der Waals surface area contributed by atoms with E-state index in [2.05, 4.69) is 11.4 Å². The molecule has 3 rings (SSSR count). The van der Waals surface area contributed by atoms with Crippen LogP contribution >= 0.6 is 0 Å². The molecule has 0 aromatic heterocycles. The molecule has 0 bridgehead atoms. The Morgan fingerprint density at radius 2 is 1.86 bits per heavy atom. The van der Waals surface area contributed by atoms with E-state index in [-0.39, 0.29) is 6.03 Å². The summed E-state index contributed by atoms with van der Waals surface area (Å²) in [5.41, 5.74) is 2.87. The van der Waals surface area contributed by atoms with Gasteiger partial charge in [-0.2, -0.15) is 5.26 Å². The zero-order chi connectivity index (χ0) is 20.3. The van der Waals surface area contributed by atoms with Crippen LogP contribution in [0.15, 0.2) is 36.4 Å². The van der Waals surface area contributed by atoms with Gasteiger partial charge in [-0.05, 0) is 55.2 Å². The van der Waals surface area contributed by atoms with Gasteiger partial charge < -0.3 is 19.7 Å². The van der Waals surface area contributed by atoms with E-state index < -0.39 is 5.41 Å². The van der Waals surface area contributed by atoms with Crippen LogP contribution in [0.5, 0.6) is 11.5 Å². The van der Waals surface area contributed by atoms with Crippen molar-refractivity contribution < 1.29 is 14.3 Å². The lowest BCUT2D eigenvalue weighted by molar-refractivity contribution is 0.210. The molecule has 0 aliphatic carbocycles. The van der Waals surface area contributed by atoms with Crippen LogP contribution in [-0.2, 0) is 18.4 Å². The van der Waals surface area contributed by atoms with Crippen molar-refractivity contribution in [2.24, 2.45) is 0 Å². The molecule has 146 valence electrons. The van der Waals surface area contributed by atoms with E-state index in [1.165, 1.54) is 0 Å². The van der Waals surface area contributed by atoms with Gasteiger partial charge in [-0.25, -0.2) is 4.79 Å². The number of anilines is 1. The first-order chi connectivity index (χ1) is 13.4. The van der Waals surface area contributed by atoms with Crippen LogP contribution in [-0.4, -0.2) is 31.7 Å². The van der Waals surface area contributed by atoms with Crippen LogP contribution in [0, 0.1) is 11.3 Å². The quantitative estimate of drug-likeness (QED) is 0.820. The second-order valence-electron chi connectivity index (χ2n) is 7.16. The number of amides is 2. The summed E-state index contributed by atoms with van der Waals surface area (Å²) in [6, 6.07) is 13.9. The van der Waals surface area contributed by atoms with Crippen molar-refractivity contribution in [1.29, 1.82) is 5.26 Å². The zero-order valence-corrected chi connectivity index (χ0v) is 16.7. The molecule has 1 heterocycles. The average Bonchev–Trinajstić information content (AvgIpc) is 2.72. The number of hydrogen-bond acceptors (Lipinski definition) is 4. The summed E-state index contributed by atoms with van der Waals surface area (Å²) in [7, 11) is 3.21. The zero-order valence-electron chi connectivity index (χ0n) is 16.7. The summed E-state index contributed by atoms with van der Waals surface area (Å²) in [4.78, 5) is 13.9. The van der Waals surface area contributed by atoms with Crippen LogP contribution in [0.25, 0.3) is 0 Å². The minimum Gasteiger partial charge on any atom is -0.497 e. The predicted molar refractivity (Wildman–Crippen MR) is 108 cm³/mol. The first-order valence-corrected chi connectivity index (χ1v) is 9.25. The van der Waals surface area contributed by atoms with E-state index in [1.807, 2.05) is 44.2 Å². The lowest BCUT2D eigenvalue weighted by Crippen LogP contribution is -2.38. The fourth-order valence-corrected chi connectivity index (χ4v) is 3.48. The van der Waals surface area contributed by atoms with Crippen LogP contribution in [0.4, 0.5) is 10.5 Å². The second-order valence-corrected chi connectivity index (χ2v) is 7.16. The van der Waals surface area contributed by atoms with E-state index in [0.29, 0.717) is 31.0 Å². The molecule has 1 atom stereocenters. The summed E-state index contributed by atoms with van der Waals surface area (Å²) < 4.78 is 10.7. The SMILES string of the molecule is CCN1Cc2ccc(C(C)(C#N)Cc3cc(OC)cc(OC)c3)cc2NC1=O. The molecule has 1 unspecified atom stereocenters. The van der Waals surface area contributed by atoms with E-state index >= 15 is 0 Å². The largest absolute Gasteiger partial charge is 0.497 e.